The van der Waals surface area contributed by atoms with Gasteiger partial charge in [-0.05, 0) is 45.4 Å². The molecule has 0 unspecified atom stereocenters. The molecule has 2 heteroatoms. The number of Topliss-reactive ketones (excluding diaryl/α,β-unsaturated/α-hetero) is 1. The molecular weight excluding hydrogens is 150 g/mol. The van der Waals surface area contributed by atoms with Gasteiger partial charge in [0, 0.05) is 11.0 Å². The van der Waals surface area contributed by atoms with Gasteiger partial charge in [-0.15, -0.1) is 0 Å². The Kier molecular flexibility index (Phi) is 1.59. The molecule has 2 nitrogen and oxygen atoms in total. The van der Waals surface area contributed by atoms with E-state index in [1.165, 1.54) is 0 Å². The lowest BCUT2D eigenvalue weighted by Gasteiger charge is -2.50. The predicted molar refractivity (Wildman–Crippen MR) is 47.7 cm³/mol. The lowest BCUT2D eigenvalue weighted by Crippen LogP contribution is -2.53. The van der Waals surface area contributed by atoms with Crippen molar-refractivity contribution in [2.45, 2.75) is 51.0 Å². The number of fused-ring (bicyclic) bond motifs is 3. The molecule has 0 heterocycles. The van der Waals surface area contributed by atoms with Gasteiger partial charge in [0.25, 0.3) is 0 Å². The summed E-state index contributed by atoms with van der Waals surface area (Å²) in [6.07, 6.45) is 6.31. The summed E-state index contributed by atoms with van der Waals surface area (Å²) in [5.41, 5.74) is 6.28. The predicted octanol–water partition coefficient (Wildman–Crippen LogP) is 1.63. The van der Waals surface area contributed by atoms with Gasteiger partial charge in [0.1, 0.15) is 5.78 Å². The van der Waals surface area contributed by atoms with Crippen LogP contribution in [-0.2, 0) is 4.79 Å². The van der Waals surface area contributed by atoms with E-state index in [0.717, 1.165) is 38.5 Å². The minimum Gasteiger partial charge on any atom is -0.325 e. The molecule has 2 N–H and O–H groups in total. The highest BCUT2D eigenvalue weighted by Gasteiger charge is 2.48. The van der Waals surface area contributed by atoms with Crippen LogP contribution in [0.2, 0.25) is 0 Å². The minimum absolute atomic E-state index is 0.0428. The maximum atomic E-state index is 11.4. The average molecular weight is 167 g/mol. The van der Waals surface area contributed by atoms with Gasteiger partial charge in [0.05, 0.1) is 0 Å². The molecule has 0 saturated heterocycles. The van der Waals surface area contributed by atoms with Gasteiger partial charge in [0.2, 0.25) is 0 Å². The first-order valence-corrected chi connectivity index (χ1v) is 4.86. The van der Waals surface area contributed by atoms with E-state index in [1.54, 1.807) is 6.92 Å². The van der Waals surface area contributed by atoms with E-state index in [-0.39, 0.29) is 11.0 Å². The molecule has 0 atom stereocenters. The SMILES string of the molecule is CC(=O)C12CCC(N)(CC1)CC2. The number of rotatable bonds is 1. The third-order valence-electron chi connectivity index (χ3n) is 4.05. The molecular formula is C10H17NO. The molecule has 12 heavy (non-hydrogen) atoms. The van der Waals surface area contributed by atoms with Crippen molar-refractivity contribution >= 4 is 5.78 Å². The fourth-order valence-electron chi connectivity index (χ4n) is 2.74. The quantitative estimate of drug-likeness (QED) is 0.645. The van der Waals surface area contributed by atoms with E-state index in [9.17, 15) is 4.79 Å². The summed E-state index contributed by atoms with van der Waals surface area (Å²) in [4.78, 5) is 11.4. The maximum absolute atomic E-state index is 11.4. The number of hydrogen-bond donors (Lipinski definition) is 1. The van der Waals surface area contributed by atoms with E-state index in [0.29, 0.717) is 5.78 Å². The molecule has 3 aliphatic carbocycles. The minimum atomic E-state index is 0.0428. The maximum Gasteiger partial charge on any atom is 0.135 e. The van der Waals surface area contributed by atoms with Crippen LogP contribution in [-0.4, -0.2) is 11.3 Å². The third kappa shape index (κ3) is 1.01. The van der Waals surface area contributed by atoms with Crippen LogP contribution in [0.5, 0.6) is 0 Å². The molecule has 0 aliphatic heterocycles. The molecule has 68 valence electrons. The van der Waals surface area contributed by atoms with Gasteiger partial charge >= 0.3 is 0 Å². The number of nitrogens with two attached hydrogens (primary N) is 1. The van der Waals surface area contributed by atoms with E-state index >= 15 is 0 Å². The van der Waals surface area contributed by atoms with E-state index in [1.807, 2.05) is 0 Å². The summed E-state index contributed by atoms with van der Waals surface area (Å²) in [6.45, 7) is 1.74. The number of carbonyl (C=O) groups is 1. The Bertz CT molecular complexity index is 197. The molecule has 0 spiro atoms. The normalized spacial score (nSPS) is 46.2. The van der Waals surface area contributed by atoms with Gasteiger partial charge in [-0.25, -0.2) is 0 Å². The van der Waals surface area contributed by atoms with Gasteiger partial charge < -0.3 is 5.73 Å². The van der Waals surface area contributed by atoms with Gasteiger partial charge in [-0.3, -0.25) is 4.79 Å². The molecule has 0 radical (unpaired) electrons. The molecule has 0 amide bonds. The zero-order valence-electron chi connectivity index (χ0n) is 7.73. The van der Waals surface area contributed by atoms with E-state index < -0.39 is 0 Å². The highest BCUT2D eigenvalue weighted by Crippen LogP contribution is 2.51. The average Bonchev–Trinajstić information content (AvgIpc) is 2.06. The second kappa shape index (κ2) is 2.32. The van der Waals surface area contributed by atoms with Crippen LogP contribution in [0.3, 0.4) is 0 Å². The van der Waals surface area contributed by atoms with Gasteiger partial charge in [-0.2, -0.15) is 0 Å². The van der Waals surface area contributed by atoms with Crippen molar-refractivity contribution in [3.05, 3.63) is 0 Å². The van der Waals surface area contributed by atoms with Crippen molar-refractivity contribution in [2.75, 3.05) is 0 Å². The van der Waals surface area contributed by atoms with Crippen molar-refractivity contribution in [2.24, 2.45) is 11.1 Å². The molecule has 2 bridgehead atoms. The van der Waals surface area contributed by atoms with Gasteiger partial charge in [-0.1, -0.05) is 0 Å². The fraction of sp³-hybridized carbons (Fsp3) is 0.900. The first kappa shape index (κ1) is 8.24. The topological polar surface area (TPSA) is 43.1 Å². The Morgan fingerprint density at radius 3 is 1.83 bits per heavy atom. The lowest BCUT2D eigenvalue weighted by molar-refractivity contribution is -0.132. The zero-order valence-corrected chi connectivity index (χ0v) is 7.73. The van der Waals surface area contributed by atoms with Crippen molar-refractivity contribution in [1.29, 1.82) is 0 Å². The first-order chi connectivity index (χ1) is 5.56. The second-order valence-electron chi connectivity index (χ2n) is 4.70. The van der Waals surface area contributed by atoms with Crippen LogP contribution >= 0.6 is 0 Å². The molecule has 0 aromatic carbocycles. The first-order valence-electron chi connectivity index (χ1n) is 4.86. The summed E-state index contributed by atoms with van der Waals surface area (Å²) < 4.78 is 0. The molecule has 0 aromatic rings. The summed E-state index contributed by atoms with van der Waals surface area (Å²) >= 11 is 0. The molecule has 3 aliphatic rings. The van der Waals surface area contributed by atoms with Crippen molar-refractivity contribution in [1.82, 2.24) is 0 Å². The third-order valence-corrected chi connectivity index (χ3v) is 4.05. The largest absolute Gasteiger partial charge is 0.325 e. The summed E-state index contributed by atoms with van der Waals surface area (Å²) in [7, 11) is 0. The van der Waals surface area contributed by atoms with Crippen LogP contribution in [0.1, 0.15) is 45.4 Å². The Labute approximate surface area is 73.5 Å². The second-order valence-corrected chi connectivity index (χ2v) is 4.70. The summed E-state index contributed by atoms with van der Waals surface area (Å²) in [5.74, 6) is 0.393. The molecule has 3 fully saturated rings. The number of hydrogen-bond acceptors (Lipinski definition) is 2. The van der Waals surface area contributed by atoms with Crippen LogP contribution in [0.15, 0.2) is 0 Å². The molecule has 3 saturated carbocycles. The van der Waals surface area contributed by atoms with E-state index in [4.69, 9.17) is 5.73 Å². The Hall–Kier alpha value is -0.370. The smallest absolute Gasteiger partial charge is 0.135 e. The van der Waals surface area contributed by atoms with Crippen LogP contribution < -0.4 is 5.73 Å². The highest BCUT2D eigenvalue weighted by atomic mass is 16.1. The lowest BCUT2D eigenvalue weighted by atomic mass is 9.56. The molecule has 3 rings (SSSR count). The van der Waals surface area contributed by atoms with Gasteiger partial charge in [0.15, 0.2) is 0 Å². The van der Waals surface area contributed by atoms with E-state index in [2.05, 4.69) is 0 Å². The fourth-order valence-corrected chi connectivity index (χ4v) is 2.74. The number of carbonyl (C=O) groups excluding carboxylic acids is 1. The van der Waals surface area contributed by atoms with Crippen molar-refractivity contribution < 1.29 is 4.79 Å². The Morgan fingerprint density at radius 2 is 1.50 bits per heavy atom. The zero-order chi connectivity index (χ0) is 8.82. The van der Waals surface area contributed by atoms with Crippen molar-refractivity contribution in [3.8, 4) is 0 Å². The highest BCUT2D eigenvalue weighted by molar-refractivity contribution is 5.82. The standard InChI is InChI=1S/C10H17NO/c1-8(12)9-2-5-10(11,6-3-9)7-4-9/h2-7,11H2,1H3. The Morgan fingerprint density at radius 1 is 1.08 bits per heavy atom. The van der Waals surface area contributed by atoms with Crippen LogP contribution in [0, 0.1) is 5.41 Å². The monoisotopic (exact) mass is 167 g/mol. The number of ketones is 1. The Balaban J connectivity index is 2.20. The summed E-state index contributed by atoms with van der Waals surface area (Å²) in [5, 5.41) is 0. The van der Waals surface area contributed by atoms with Crippen LogP contribution in [0.25, 0.3) is 0 Å². The van der Waals surface area contributed by atoms with Crippen LogP contribution in [0.4, 0.5) is 0 Å². The molecule has 0 aromatic heterocycles. The van der Waals surface area contributed by atoms with Crippen molar-refractivity contribution in [3.63, 3.8) is 0 Å². The summed E-state index contributed by atoms with van der Waals surface area (Å²) in [6, 6.07) is 0.